The summed E-state index contributed by atoms with van der Waals surface area (Å²) in [6.45, 7) is 10.7. The number of aryl methyl sites for hydroxylation is 1. The number of benzene rings is 1. The van der Waals surface area contributed by atoms with Crippen molar-refractivity contribution >= 4 is 30.4 Å². The average Bonchev–Trinajstić information content (AvgIpc) is 2.96. The predicted octanol–water partition coefficient (Wildman–Crippen LogP) is 6.11. The van der Waals surface area contributed by atoms with Crippen LogP contribution < -0.4 is 5.32 Å². The predicted molar refractivity (Wildman–Crippen MR) is 140 cm³/mol. The molecule has 0 fully saturated rings. The molecule has 1 aliphatic heterocycles. The van der Waals surface area contributed by atoms with Gasteiger partial charge in [-0.1, -0.05) is 30.4 Å². The molecule has 32 heavy (non-hydrogen) atoms. The molecular weight excluding hydrogens is 441 g/mol. The van der Waals surface area contributed by atoms with Crippen molar-refractivity contribution in [2.45, 2.75) is 86.0 Å². The Morgan fingerprint density at radius 3 is 1.81 bits per heavy atom. The van der Waals surface area contributed by atoms with Gasteiger partial charge in [-0.05, 0) is 12.5 Å². The molecule has 0 saturated heterocycles. The fourth-order valence-electron chi connectivity index (χ4n) is 3.83. The van der Waals surface area contributed by atoms with E-state index in [1.165, 1.54) is 12.8 Å². The Labute approximate surface area is 200 Å². The van der Waals surface area contributed by atoms with Crippen LogP contribution in [0.15, 0.2) is 18.2 Å². The van der Waals surface area contributed by atoms with Crippen molar-refractivity contribution in [1.82, 2.24) is 5.32 Å². The van der Waals surface area contributed by atoms with E-state index in [4.69, 9.17) is 12.2 Å². The third kappa shape index (κ3) is 11.3. The number of carbonyl (C=O) groups is 1. The standard InChI is InChI=1S/C16H37O3P.C9H7NOS/c1-15(2)11-7-5-9-13-20(17,18,19)14-10-6-8-12-16(3)4;1-5-3-2-4-6-7(5)8(11)10-9(6)12/h15-19H,5-14H2,1-4H3;2-4H,1H3,(H,10,11,12). The van der Waals surface area contributed by atoms with Crippen LogP contribution in [0, 0.1) is 18.8 Å². The zero-order valence-corrected chi connectivity index (χ0v) is 22.3. The van der Waals surface area contributed by atoms with Gasteiger partial charge in [-0.25, -0.2) is 0 Å². The topological polar surface area (TPSA) is 89.8 Å². The van der Waals surface area contributed by atoms with Crippen LogP contribution in [0.3, 0.4) is 0 Å². The van der Waals surface area contributed by atoms with Gasteiger partial charge in [0.25, 0.3) is 5.91 Å². The minimum Gasteiger partial charge on any atom is -0.312 e. The molecule has 7 heteroatoms. The SMILES string of the molecule is CC(C)CCCCCP(O)(O)(O)CCCCCC(C)C.Cc1cccc2c1C(=O)NC2=S. The van der Waals surface area contributed by atoms with Crippen LogP contribution in [-0.2, 0) is 0 Å². The first-order chi connectivity index (χ1) is 14.8. The van der Waals surface area contributed by atoms with Gasteiger partial charge in [0, 0.05) is 5.56 Å². The fraction of sp³-hybridized carbons (Fsp3) is 0.680. The summed E-state index contributed by atoms with van der Waals surface area (Å²) >= 11 is 4.98. The summed E-state index contributed by atoms with van der Waals surface area (Å²) in [5.41, 5.74) is 2.56. The first-order valence-electron chi connectivity index (χ1n) is 12.0. The second kappa shape index (κ2) is 13.1. The third-order valence-electron chi connectivity index (χ3n) is 5.77. The van der Waals surface area contributed by atoms with Crippen LogP contribution in [0.1, 0.15) is 101 Å². The Hall–Kier alpha value is -0.910. The molecule has 0 unspecified atom stereocenters. The smallest absolute Gasteiger partial charge is 0.257 e. The maximum absolute atomic E-state index is 11.3. The zero-order valence-electron chi connectivity index (χ0n) is 20.6. The van der Waals surface area contributed by atoms with Crippen molar-refractivity contribution in [2.24, 2.45) is 11.8 Å². The summed E-state index contributed by atoms with van der Waals surface area (Å²) in [5.74, 6) is 1.32. The molecule has 0 bridgehead atoms. The van der Waals surface area contributed by atoms with E-state index in [1.807, 2.05) is 25.1 Å². The summed E-state index contributed by atoms with van der Waals surface area (Å²) in [6.07, 6.45) is 8.34. The van der Waals surface area contributed by atoms with E-state index in [9.17, 15) is 19.5 Å². The fourth-order valence-corrected chi connectivity index (χ4v) is 6.06. The first kappa shape index (κ1) is 29.1. The van der Waals surface area contributed by atoms with Gasteiger partial charge >= 0.3 is 125 Å². The van der Waals surface area contributed by atoms with Crippen molar-refractivity contribution in [1.29, 1.82) is 0 Å². The largest absolute Gasteiger partial charge is 0.312 e. The monoisotopic (exact) mass is 485 g/mol. The molecule has 1 amide bonds. The molecule has 1 heterocycles. The van der Waals surface area contributed by atoms with Crippen LogP contribution >= 0.6 is 19.5 Å². The van der Waals surface area contributed by atoms with E-state index in [1.54, 1.807) is 0 Å². The Morgan fingerprint density at radius 1 is 0.875 bits per heavy atom. The summed E-state index contributed by atoms with van der Waals surface area (Å²) in [6, 6.07) is 5.68. The van der Waals surface area contributed by atoms with E-state index in [2.05, 4.69) is 33.0 Å². The molecule has 0 aliphatic carbocycles. The molecule has 184 valence electrons. The summed E-state index contributed by atoms with van der Waals surface area (Å²) < 4.78 is 0. The van der Waals surface area contributed by atoms with Crippen molar-refractivity contribution in [3.05, 3.63) is 34.9 Å². The van der Waals surface area contributed by atoms with Gasteiger partial charge in [0.15, 0.2) is 0 Å². The number of unbranched alkanes of at least 4 members (excludes halogenated alkanes) is 4. The molecular formula is C25H44NO4PS. The quantitative estimate of drug-likeness (QED) is 0.163. The van der Waals surface area contributed by atoms with Gasteiger partial charge in [-0.15, -0.1) is 0 Å². The van der Waals surface area contributed by atoms with Gasteiger partial charge in [0.2, 0.25) is 0 Å². The van der Waals surface area contributed by atoms with E-state index in [0.717, 1.165) is 55.2 Å². The Bertz CT molecular complexity index is 734. The Kier molecular flexibility index (Phi) is 11.9. The molecule has 2 rings (SSSR count). The van der Waals surface area contributed by atoms with Gasteiger partial charge in [-0.3, -0.25) is 4.79 Å². The molecule has 0 spiro atoms. The normalized spacial score (nSPS) is 14.6. The molecule has 0 atom stereocenters. The molecule has 1 aliphatic rings. The second-order valence-electron chi connectivity index (χ2n) is 10.1. The number of thiocarbonyl (C=S) groups is 1. The van der Waals surface area contributed by atoms with Crippen molar-refractivity contribution < 1.29 is 19.5 Å². The van der Waals surface area contributed by atoms with E-state index < -0.39 is 7.28 Å². The number of carbonyl (C=O) groups excluding carboxylic acids is 1. The number of nitrogens with one attached hydrogen (secondary N) is 1. The van der Waals surface area contributed by atoms with E-state index in [0.29, 0.717) is 16.8 Å². The molecule has 0 saturated carbocycles. The van der Waals surface area contributed by atoms with Crippen LogP contribution in [0.25, 0.3) is 0 Å². The van der Waals surface area contributed by atoms with E-state index >= 15 is 0 Å². The third-order valence-corrected chi connectivity index (χ3v) is 8.55. The summed E-state index contributed by atoms with van der Waals surface area (Å²) in [4.78, 5) is 42.0. The molecule has 0 radical (unpaired) electrons. The molecule has 4 N–H and O–H groups in total. The maximum Gasteiger partial charge on any atom is 0.257 e. The van der Waals surface area contributed by atoms with Crippen molar-refractivity contribution in [3.8, 4) is 0 Å². The number of fused-ring (bicyclic) bond motifs is 1. The number of hydrogen-bond donors (Lipinski definition) is 4. The Balaban J connectivity index is 0.000000357. The molecule has 1 aromatic rings. The van der Waals surface area contributed by atoms with Gasteiger partial charge in [0.05, 0.1) is 5.56 Å². The minimum atomic E-state index is -4.33. The summed E-state index contributed by atoms with van der Waals surface area (Å²) in [5, 5.41) is 2.62. The molecule has 0 aromatic heterocycles. The maximum atomic E-state index is 11.3. The average molecular weight is 486 g/mol. The number of rotatable bonds is 12. The van der Waals surface area contributed by atoms with Gasteiger partial charge in [-0.2, -0.15) is 0 Å². The first-order valence-corrected chi connectivity index (χ1v) is 14.9. The molecule has 1 aromatic carbocycles. The van der Waals surface area contributed by atoms with E-state index in [-0.39, 0.29) is 18.2 Å². The van der Waals surface area contributed by atoms with Crippen LogP contribution in [0.5, 0.6) is 0 Å². The van der Waals surface area contributed by atoms with Crippen molar-refractivity contribution in [3.63, 3.8) is 0 Å². The van der Waals surface area contributed by atoms with Crippen molar-refractivity contribution in [2.75, 3.05) is 12.3 Å². The Morgan fingerprint density at radius 2 is 1.38 bits per heavy atom. The summed E-state index contributed by atoms with van der Waals surface area (Å²) in [7, 11) is -4.33. The zero-order chi connectivity index (χ0) is 24.4. The number of hydrogen-bond acceptors (Lipinski definition) is 5. The number of amides is 1. The minimum absolute atomic E-state index is 0.0758. The van der Waals surface area contributed by atoms with Crippen LogP contribution in [-0.4, -0.2) is 37.9 Å². The molecule has 5 nitrogen and oxygen atoms in total. The van der Waals surface area contributed by atoms with Gasteiger partial charge in [0.1, 0.15) is 4.99 Å². The van der Waals surface area contributed by atoms with Crippen LogP contribution in [0.4, 0.5) is 0 Å². The van der Waals surface area contributed by atoms with Crippen LogP contribution in [0.2, 0.25) is 0 Å². The van der Waals surface area contributed by atoms with Gasteiger partial charge < -0.3 is 5.32 Å². The second-order valence-corrected chi connectivity index (χ2v) is 14.0.